The second-order valence-corrected chi connectivity index (χ2v) is 7.70. The lowest BCUT2D eigenvalue weighted by atomic mass is 9.82. The molecule has 3 aliphatic rings. The Morgan fingerprint density at radius 2 is 1.92 bits per heavy atom. The zero-order chi connectivity index (χ0) is 17.0. The van der Waals surface area contributed by atoms with E-state index in [9.17, 15) is 9.90 Å². The number of rotatable bonds is 3. The third kappa shape index (κ3) is 4.28. The number of carbonyl (C=O) groups is 1. The van der Waals surface area contributed by atoms with E-state index < -0.39 is 0 Å². The highest BCUT2D eigenvalue weighted by Crippen LogP contribution is 2.35. The molecule has 0 aromatic heterocycles. The van der Waals surface area contributed by atoms with Crippen LogP contribution in [-0.4, -0.2) is 96.9 Å². The Morgan fingerprint density at radius 3 is 2.67 bits per heavy atom. The summed E-state index contributed by atoms with van der Waals surface area (Å²) in [6, 6.07) is 0. The number of hydrogen-bond donors (Lipinski definition) is 1. The monoisotopic (exact) mass is 339 g/mol. The number of likely N-dealkylation sites (N-methyl/N-ethyl adjacent to an activating group) is 1. The average Bonchev–Trinajstić information content (AvgIpc) is 2.80. The van der Waals surface area contributed by atoms with Crippen LogP contribution in [0.2, 0.25) is 0 Å². The van der Waals surface area contributed by atoms with Crippen LogP contribution in [0.3, 0.4) is 0 Å². The van der Waals surface area contributed by atoms with Crippen LogP contribution in [0.25, 0.3) is 0 Å². The van der Waals surface area contributed by atoms with Crippen molar-refractivity contribution in [3.8, 4) is 0 Å². The maximum atomic E-state index is 12.5. The molecule has 0 bridgehead atoms. The first-order chi connectivity index (χ1) is 11.6. The number of hydrogen-bond acceptors (Lipinski definition) is 5. The molecule has 0 aromatic rings. The molecule has 1 N–H and O–H groups in total. The van der Waals surface area contributed by atoms with E-state index in [1.807, 2.05) is 4.90 Å². The first kappa shape index (κ1) is 18.1. The highest BCUT2D eigenvalue weighted by molar-refractivity contribution is 5.76. The van der Waals surface area contributed by atoms with Crippen LogP contribution in [0.4, 0.5) is 0 Å². The van der Waals surface area contributed by atoms with Crippen molar-refractivity contribution in [3.05, 3.63) is 0 Å². The van der Waals surface area contributed by atoms with Crippen LogP contribution < -0.4 is 0 Å². The standard InChI is InChI=1S/C18H33N3O3/c1-19-8-3-9-20(14-13-19)10-5-17(23)21-11-6-18(7-12-21)16(22)4-2-15-24-18/h16,22H,2-15H2,1H3/t16-/m1/s1. The predicted octanol–water partition coefficient (Wildman–Crippen LogP) is 0.547. The number of amides is 1. The van der Waals surface area contributed by atoms with E-state index in [1.165, 1.54) is 6.42 Å². The highest BCUT2D eigenvalue weighted by atomic mass is 16.5. The number of aliphatic hydroxyl groups is 1. The quantitative estimate of drug-likeness (QED) is 0.814. The van der Waals surface area contributed by atoms with Crippen LogP contribution in [0.15, 0.2) is 0 Å². The van der Waals surface area contributed by atoms with Gasteiger partial charge in [0, 0.05) is 45.8 Å². The van der Waals surface area contributed by atoms with Crippen LogP contribution in [0, 0.1) is 0 Å². The van der Waals surface area contributed by atoms with Gasteiger partial charge in [0.1, 0.15) is 0 Å². The van der Waals surface area contributed by atoms with Gasteiger partial charge in [-0.1, -0.05) is 0 Å². The van der Waals surface area contributed by atoms with E-state index in [0.717, 1.165) is 78.1 Å². The van der Waals surface area contributed by atoms with Gasteiger partial charge in [-0.25, -0.2) is 0 Å². The minimum absolute atomic E-state index is 0.257. The lowest BCUT2D eigenvalue weighted by molar-refractivity contribution is -0.179. The molecule has 6 nitrogen and oxygen atoms in total. The number of ether oxygens (including phenoxy) is 1. The molecule has 0 aliphatic carbocycles. The molecule has 24 heavy (non-hydrogen) atoms. The molecule has 1 spiro atoms. The molecular weight excluding hydrogens is 306 g/mol. The molecule has 0 radical (unpaired) electrons. The van der Waals surface area contributed by atoms with Crippen molar-refractivity contribution in [3.63, 3.8) is 0 Å². The Labute approximate surface area is 145 Å². The lowest BCUT2D eigenvalue weighted by Gasteiger charge is -2.46. The van der Waals surface area contributed by atoms with Crippen LogP contribution in [-0.2, 0) is 9.53 Å². The fourth-order valence-corrected chi connectivity index (χ4v) is 4.26. The normalized spacial score (nSPS) is 29.6. The zero-order valence-corrected chi connectivity index (χ0v) is 15.1. The number of carbonyl (C=O) groups excluding carboxylic acids is 1. The van der Waals surface area contributed by atoms with Gasteiger partial charge in [-0.05, 0) is 52.2 Å². The molecule has 138 valence electrons. The van der Waals surface area contributed by atoms with E-state index in [1.54, 1.807) is 0 Å². The summed E-state index contributed by atoms with van der Waals surface area (Å²) >= 11 is 0. The van der Waals surface area contributed by atoms with Crippen molar-refractivity contribution in [1.82, 2.24) is 14.7 Å². The van der Waals surface area contributed by atoms with Gasteiger partial charge in [0.2, 0.25) is 5.91 Å². The summed E-state index contributed by atoms with van der Waals surface area (Å²) < 4.78 is 5.92. The Hall–Kier alpha value is -0.690. The second kappa shape index (κ2) is 8.13. The van der Waals surface area contributed by atoms with Gasteiger partial charge in [0.15, 0.2) is 0 Å². The van der Waals surface area contributed by atoms with Crippen molar-refractivity contribution in [2.75, 3.05) is 59.5 Å². The molecule has 3 rings (SSSR count). The maximum absolute atomic E-state index is 12.5. The van der Waals surface area contributed by atoms with E-state index in [2.05, 4.69) is 16.8 Å². The van der Waals surface area contributed by atoms with Crippen molar-refractivity contribution in [2.24, 2.45) is 0 Å². The summed E-state index contributed by atoms with van der Waals surface area (Å²) in [5.74, 6) is 0.257. The molecule has 3 saturated heterocycles. The van der Waals surface area contributed by atoms with Gasteiger partial charge in [0.05, 0.1) is 11.7 Å². The smallest absolute Gasteiger partial charge is 0.223 e. The van der Waals surface area contributed by atoms with E-state index >= 15 is 0 Å². The zero-order valence-electron chi connectivity index (χ0n) is 15.1. The van der Waals surface area contributed by atoms with E-state index in [4.69, 9.17) is 4.74 Å². The molecule has 1 amide bonds. The minimum Gasteiger partial charge on any atom is -0.390 e. The Balaban J connectivity index is 1.42. The van der Waals surface area contributed by atoms with E-state index in [-0.39, 0.29) is 17.6 Å². The fourth-order valence-electron chi connectivity index (χ4n) is 4.26. The molecule has 6 heteroatoms. The molecule has 0 saturated carbocycles. The van der Waals surface area contributed by atoms with Crippen molar-refractivity contribution < 1.29 is 14.6 Å². The summed E-state index contributed by atoms with van der Waals surface area (Å²) in [7, 11) is 2.17. The van der Waals surface area contributed by atoms with Crippen LogP contribution >= 0.6 is 0 Å². The molecule has 3 heterocycles. The van der Waals surface area contributed by atoms with Gasteiger partial charge < -0.3 is 24.5 Å². The van der Waals surface area contributed by atoms with Gasteiger partial charge in [-0.15, -0.1) is 0 Å². The SMILES string of the molecule is CN1CCCN(CCC(=O)N2CCC3(CC2)OCCC[C@H]3O)CC1. The van der Waals surface area contributed by atoms with Gasteiger partial charge in [-0.3, -0.25) is 4.79 Å². The average molecular weight is 339 g/mol. The van der Waals surface area contributed by atoms with Gasteiger partial charge >= 0.3 is 0 Å². The Bertz CT molecular complexity index is 424. The molecule has 1 atom stereocenters. The Kier molecular flexibility index (Phi) is 6.13. The summed E-state index contributed by atoms with van der Waals surface area (Å²) in [5.41, 5.74) is -0.385. The van der Waals surface area contributed by atoms with Crippen LogP contribution in [0.1, 0.15) is 38.5 Å². The van der Waals surface area contributed by atoms with Crippen molar-refractivity contribution >= 4 is 5.91 Å². The van der Waals surface area contributed by atoms with Crippen LogP contribution in [0.5, 0.6) is 0 Å². The van der Waals surface area contributed by atoms with Crippen molar-refractivity contribution in [1.29, 1.82) is 0 Å². The van der Waals surface area contributed by atoms with Gasteiger partial charge in [-0.2, -0.15) is 0 Å². The van der Waals surface area contributed by atoms with Crippen molar-refractivity contribution in [2.45, 2.75) is 50.2 Å². The summed E-state index contributed by atoms with van der Waals surface area (Å²) in [6.45, 7) is 7.46. The lowest BCUT2D eigenvalue weighted by Crippen LogP contribution is -2.56. The Morgan fingerprint density at radius 1 is 1.12 bits per heavy atom. The number of piperidine rings is 1. The fraction of sp³-hybridized carbons (Fsp3) is 0.944. The number of likely N-dealkylation sites (tertiary alicyclic amines) is 1. The molecular formula is C18H33N3O3. The van der Waals surface area contributed by atoms with Gasteiger partial charge in [0.25, 0.3) is 0 Å². The summed E-state index contributed by atoms with van der Waals surface area (Å²) in [6.07, 6.45) is 4.75. The number of nitrogens with zero attached hydrogens (tertiary/aromatic N) is 3. The first-order valence-corrected chi connectivity index (χ1v) is 9.60. The molecule has 0 aromatic carbocycles. The molecule has 3 aliphatic heterocycles. The third-order valence-electron chi connectivity index (χ3n) is 6.04. The predicted molar refractivity (Wildman–Crippen MR) is 92.9 cm³/mol. The minimum atomic E-state index is -0.385. The highest BCUT2D eigenvalue weighted by Gasteiger charge is 2.44. The summed E-state index contributed by atoms with van der Waals surface area (Å²) in [5, 5.41) is 10.3. The topological polar surface area (TPSA) is 56.2 Å². The maximum Gasteiger partial charge on any atom is 0.223 e. The first-order valence-electron chi connectivity index (χ1n) is 9.60. The number of aliphatic hydroxyl groups excluding tert-OH is 1. The molecule has 3 fully saturated rings. The third-order valence-corrected chi connectivity index (χ3v) is 6.04. The molecule has 0 unspecified atom stereocenters. The largest absolute Gasteiger partial charge is 0.390 e. The second-order valence-electron chi connectivity index (χ2n) is 7.70. The summed E-state index contributed by atoms with van der Waals surface area (Å²) in [4.78, 5) is 19.3. The van der Waals surface area contributed by atoms with E-state index in [0.29, 0.717) is 6.42 Å².